The molecule has 2 N–H and O–H groups in total. The number of amides is 2. The van der Waals surface area contributed by atoms with Crippen molar-refractivity contribution >= 4 is 39.4 Å². The van der Waals surface area contributed by atoms with Gasteiger partial charge in [0.1, 0.15) is 16.5 Å². The van der Waals surface area contributed by atoms with Crippen LogP contribution in [0.15, 0.2) is 82.4 Å². The number of rotatable bonds is 10. The van der Waals surface area contributed by atoms with Crippen molar-refractivity contribution < 1.29 is 27.9 Å². The van der Waals surface area contributed by atoms with Gasteiger partial charge in [0.15, 0.2) is 0 Å². The highest BCUT2D eigenvalue weighted by Gasteiger charge is 2.28. The monoisotopic (exact) mass is 677 g/mol. The van der Waals surface area contributed by atoms with E-state index in [2.05, 4.69) is 15.6 Å². The van der Waals surface area contributed by atoms with Crippen LogP contribution in [0.1, 0.15) is 30.5 Å². The fraction of sp³-hybridized carbons (Fsp3) is 0.235. The van der Waals surface area contributed by atoms with Crippen LogP contribution in [0.3, 0.4) is 0 Å². The quantitative estimate of drug-likeness (QED) is 0.176. The number of fused-ring (bicyclic) bond motifs is 1. The number of nitrogens with one attached hydrogen (secondary N) is 2. The molecule has 0 fully saturated rings. The van der Waals surface area contributed by atoms with Gasteiger partial charge in [-0.05, 0) is 61.9 Å². The molecule has 5 rings (SSSR count). The highest BCUT2D eigenvalue weighted by atomic mass is 32.1. The Labute approximate surface area is 277 Å². The molecule has 2 heterocycles. The van der Waals surface area contributed by atoms with E-state index in [0.29, 0.717) is 32.8 Å². The lowest BCUT2D eigenvalue weighted by Crippen LogP contribution is -2.45. The summed E-state index contributed by atoms with van der Waals surface area (Å²) in [7, 11) is 3.16. The van der Waals surface area contributed by atoms with Gasteiger partial charge in [0.25, 0.3) is 5.56 Å². The summed E-state index contributed by atoms with van der Waals surface area (Å²) in [5.74, 6) is -1.78. The molecule has 0 spiro atoms. The second-order valence-electron chi connectivity index (χ2n) is 11.2. The molecule has 2 amide bonds. The average Bonchev–Trinajstić information content (AvgIpc) is 3.40. The minimum Gasteiger partial charge on any atom is -0.446 e. The fourth-order valence-corrected chi connectivity index (χ4v) is 6.53. The molecule has 0 bridgehead atoms. The van der Waals surface area contributed by atoms with Gasteiger partial charge in [-0.15, -0.1) is 11.3 Å². The lowest BCUT2D eigenvalue weighted by molar-refractivity contribution is 0.114. The number of carbonyl (C=O) groups is 2. The van der Waals surface area contributed by atoms with Crippen molar-refractivity contribution in [1.29, 1.82) is 0 Å². The molecular weight excluding hydrogens is 644 g/mol. The molecule has 3 aromatic carbocycles. The molecule has 0 saturated carbocycles. The Morgan fingerprint density at radius 1 is 0.917 bits per heavy atom. The maximum absolute atomic E-state index is 14.9. The van der Waals surface area contributed by atoms with Gasteiger partial charge in [-0.3, -0.25) is 19.1 Å². The lowest BCUT2D eigenvalue weighted by Gasteiger charge is -2.18. The van der Waals surface area contributed by atoms with Gasteiger partial charge < -0.3 is 10.1 Å². The summed E-state index contributed by atoms with van der Waals surface area (Å²) in [5, 5.41) is 2.66. The van der Waals surface area contributed by atoms with Gasteiger partial charge in [-0.1, -0.05) is 48.5 Å². The predicted octanol–water partition coefficient (Wildman–Crippen LogP) is 5.93. The largest absolute Gasteiger partial charge is 0.446 e. The Morgan fingerprint density at radius 2 is 1.58 bits per heavy atom. The van der Waals surface area contributed by atoms with Gasteiger partial charge >= 0.3 is 17.8 Å². The van der Waals surface area contributed by atoms with Crippen molar-refractivity contribution in [2.45, 2.75) is 39.6 Å². The van der Waals surface area contributed by atoms with E-state index in [9.17, 15) is 28.0 Å². The van der Waals surface area contributed by atoms with Crippen molar-refractivity contribution in [3.8, 4) is 10.4 Å². The summed E-state index contributed by atoms with van der Waals surface area (Å²) in [6.07, 6.45) is -1.87. The topological polar surface area (TPSA) is 124 Å². The highest BCUT2D eigenvalue weighted by Crippen LogP contribution is 2.38. The molecule has 0 aliphatic rings. The number of hydroxylamine groups is 1. The van der Waals surface area contributed by atoms with Crippen molar-refractivity contribution in [3.05, 3.63) is 122 Å². The van der Waals surface area contributed by atoms with E-state index in [-0.39, 0.29) is 16.8 Å². The first-order chi connectivity index (χ1) is 23.0. The van der Waals surface area contributed by atoms with Crippen molar-refractivity contribution in [2.24, 2.45) is 0 Å². The van der Waals surface area contributed by atoms with Crippen LogP contribution in [0.4, 0.5) is 24.1 Å². The minimum atomic E-state index is -1.20. The third kappa shape index (κ3) is 7.35. The third-order valence-electron chi connectivity index (χ3n) is 7.29. The van der Waals surface area contributed by atoms with E-state index in [1.807, 2.05) is 42.3 Å². The summed E-state index contributed by atoms with van der Waals surface area (Å²) in [6.45, 7) is 3.23. The molecule has 0 aliphatic carbocycles. The average molecular weight is 678 g/mol. The number of ether oxygens (including phenoxy) is 1. The summed E-state index contributed by atoms with van der Waals surface area (Å²) >= 11 is 1.08. The number of halogens is 2. The molecule has 0 radical (unpaired) electrons. The number of nitrogens with zero attached hydrogens (tertiary/aromatic N) is 3. The molecule has 14 heteroatoms. The molecule has 5 aromatic rings. The minimum absolute atomic E-state index is 0.0358. The van der Waals surface area contributed by atoms with Crippen molar-refractivity contribution in [1.82, 2.24) is 19.5 Å². The van der Waals surface area contributed by atoms with E-state index >= 15 is 0 Å². The summed E-state index contributed by atoms with van der Waals surface area (Å²) in [5.41, 5.74) is 2.32. The molecule has 0 aliphatic heterocycles. The van der Waals surface area contributed by atoms with Crippen LogP contribution in [-0.2, 0) is 29.2 Å². The Balaban J connectivity index is 1.75. The van der Waals surface area contributed by atoms with Crippen LogP contribution in [-0.4, -0.2) is 46.4 Å². The zero-order chi connectivity index (χ0) is 34.5. The normalized spacial score (nSPS) is 11.3. The van der Waals surface area contributed by atoms with Gasteiger partial charge in [0.05, 0.1) is 25.1 Å². The Hall–Kier alpha value is -5.18. The zero-order valence-electron chi connectivity index (χ0n) is 26.6. The standard InChI is InChI=1S/C34H33F2N5O6S/c1-20(2)47-34(45)41-30(42)28-25(18-39(3)17-21-9-6-5-7-10-21)29(22-13-15-23(16-14-22)37-32(43)38-46-4)48-31(28)40(33(41)44)19-24-26(35)11-8-12-27(24)36/h5-16,20H,17-19H2,1-4H3,(H2,37,38,43). The number of hydrogen-bond donors (Lipinski definition) is 2. The van der Waals surface area contributed by atoms with Crippen LogP contribution in [0.25, 0.3) is 20.7 Å². The number of aromatic nitrogens is 2. The summed E-state index contributed by atoms with van der Waals surface area (Å²) in [6, 6.07) is 19.1. The highest BCUT2D eigenvalue weighted by molar-refractivity contribution is 7.22. The maximum Gasteiger partial charge on any atom is 0.425 e. The van der Waals surface area contributed by atoms with Gasteiger partial charge in [0.2, 0.25) is 0 Å². The number of benzene rings is 3. The van der Waals surface area contributed by atoms with E-state index in [4.69, 9.17) is 4.74 Å². The van der Waals surface area contributed by atoms with Gasteiger partial charge in [-0.2, -0.15) is 4.57 Å². The first kappa shape index (κ1) is 34.2. The van der Waals surface area contributed by atoms with Crippen molar-refractivity contribution in [3.63, 3.8) is 0 Å². The first-order valence-electron chi connectivity index (χ1n) is 14.9. The van der Waals surface area contributed by atoms with E-state index in [1.165, 1.54) is 13.2 Å². The predicted molar refractivity (Wildman–Crippen MR) is 179 cm³/mol. The number of urea groups is 1. The van der Waals surface area contributed by atoms with Crippen LogP contribution < -0.4 is 22.0 Å². The Morgan fingerprint density at radius 3 is 2.21 bits per heavy atom. The molecule has 0 saturated heterocycles. The summed E-state index contributed by atoms with van der Waals surface area (Å²) < 4.78 is 36.5. The number of carbonyl (C=O) groups excluding carboxylic acids is 2. The second-order valence-corrected chi connectivity index (χ2v) is 12.2. The first-order valence-corrected chi connectivity index (χ1v) is 15.7. The fourth-order valence-electron chi connectivity index (χ4n) is 5.22. The SMILES string of the molecule is CONC(=O)Nc1ccc(-c2sc3c(c2CN(C)Cc2ccccc2)c(=O)n(C(=O)OC(C)C)c(=O)n3Cc2c(F)cccc2F)cc1. The van der Waals surface area contributed by atoms with E-state index in [1.54, 1.807) is 38.1 Å². The Kier molecular flexibility index (Phi) is 10.5. The van der Waals surface area contributed by atoms with Crippen LogP contribution in [0, 0.1) is 11.6 Å². The molecule has 0 unspecified atom stereocenters. The summed E-state index contributed by atoms with van der Waals surface area (Å²) in [4.78, 5) is 60.6. The second kappa shape index (κ2) is 14.7. The maximum atomic E-state index is 14.9. The Bertz CT molecular complexity index is 2060. The molecular formula is C34H33F2N5O6S. The molecule has 48 heavy (non-hydrogen) atoms. The smallest absolute Gasteiger partial charge is 0.425 e. The zero-order valence-corrected chi connectivity index (χ0v) is 27.4. The van der Waals surface area contributed by atoms with Gasteiger partial charge in [0, 0.05) is 29.2 Å². The van der Waals surface area contributed by atoms with Crippen LogP contribution >= 0.6 is 11.3 Å². The van der Waals surface area contributed by atoms with Crippen molar-refractivity contribution in [2.75, 3.05) is 19.5 Å². The van der Waals surface area contributed by atoms with E-state index in [0.717, 1.165) is 33.6 Å². The number of thiophene rings is 1. The number of hydrogen-bond acceptors (Lipinski definition) is 8. The number of anilines is 1. The molecule has 11 nitrogen and oxygen atoms in total. The molecule has 0 atom stereocenters. The lowest BCUT2D eigenvalue weighted by atomic mass is 10.1. The van der Waals surface area contributed by atoms with E-state index < -0.39 is 53.2 Å². The molecule has 2 aromatic heterocycles. The van der Waals surface area contributed by atoms with Gasteiger partial charge in [-0.25, -0.2) is 28.6 Å². The van der Waals surface area contributed by atoms with Crippen LogP contribution in [0.2, 0.25) is 0 Å². The van der Waals surface area contributed by atoms with Crippen LogP contribution in [0.5, 0.6) is 0 Å². The third-order valence-corrected chi connectivity index (χ3v) is 8.60. The molecule has 250 valence electrons.